The lowest BCUT2D eigenvalue weighted by atomic mass is 9.91. The molecular weight excluding hydrogens is 297 g/mol. The highest BCUT2D eigenvalue weighted by Gasteiger charge is 2.30. The number of carbonyl (C=O) groups excluding carboxylic acids is 1. The number of fused-ring (bicyclic) bond motifs is 1. The van der Waals surface area contributed by atoms with Gasteiger partial charge in [0.1, 0.15) is 12.3 Å². The van der Waals surface area contributed by atoms with Gasteiger partial charge in [0.05, 0.1) is 19.3 Å². The minimum atomic E-state index is -4.40. The lowest BCUT2D eigenvalue weighted by Crippen LogP contribution is -2.43. The van der Waals surface area contributed by atoms with Crippen molar-refractivity contribution in [2.75, 3.05) is 31.6 Å². The SMILES string of the molecule is COc1cccc2c1N(CC(=O)NCC(F)(F)F)CC[C@@H]2C. The zero-order valence-corrected chi connectivity index (χ0v) is 12.5. The third-order valence-electron chi connectivity index (χ3n) is 3.75. The molecule has 1 aromatic carbocycles. The van der Waals surface area contributed by atoms with Crippen LogP contribution < -0.4 is 15.0 Å². The summed E-state index contributed by atoms with van der Waals surface area (Å²) in [7, 11) is 1.54. The van der Waals surface area contributed by atoms with Crippen LogP contribution in [0.4, 0.5) is 18.9 Å². The van der Waals surface area contributed by atoms with Crippen molar-refractivity contribution in [2.45, 2.75) is 25.4 Å². The van der Waals surface area contributed by atoms with Gasteiger partial charge in [0.2, 0.25) is 5.91 Å². The summed E-state index contributed by atoms with van der Waals surface area (Å²) < 4.78 is 41.8. The first kappa shape index (κ1) is 16.5. The standard InChI is InChI=1S/C15H19F3N2O2/c1-10-6-7-20(8-13(21)19-9-15(16,17)18)14-11(10)4-3-5-12(14)22-2/h3-5,10H,6-9H2,1-2H3,(H,19,21)/t10-/m0/s1. The van der Waals surface area contributed by atoms with Gasteiger partial charge < -0.3 is 15.0 Å². The molecule has 4 nitrogen and oxygen atoms in total. The molecule has 1 atom stereocenters. The van der Waals surface area contributed by atoms with Crippen molar-refractivity contribution in [3.63, 3.8) is 0 Å². The molecule has 0 saturated heterocycles. The van der Waals surface area contributed by atoms with Crippen molar-refractivity contribution in [3.8, 4) is 5.75 Å². The van der Waals surface area contributed by atoms with E-state index >= 15 is 0 Å². The van der Waals surface area contributed by atoms with Crippen molar-refractivity contribution in [1.82, 2.24) is 5.32 Å². The first-order chi connectivity index (χ1) is 10.3. The quantitative estimate of drug-likeness (QED) is 0.928. The van der Waals surface area contributed by atoms with E-state index in [-0.39, 0.29) is 6.54 Å². The second-order valence-electron chi connectivity index (χ2n) is 5.40. The molecule has 122 valence electrons. The molecule has 1 amide bonds. The maximum absolute atomic E-state index is 12.2. The van der Waals surface area contributed by atoms with Crippen LogP contribution in [0.1, 0.15) is 24.8 Å². The number of alkyl halides is 3. The van der Waals surface area contributed by atoms with E-state index in [2.05, 4.69) is 6.92 Å². The Kier molecular flexibility index (Phi) is 4.83. The number of carbonyl (C=O) groups is 1. The zero-order valence-electron chi connectivity index (χ0n) is 12.5. The number of anilines is 1. The van der Waals surface area contributed by atoms with Gasteiger partial charge in [0, 0.05) is 6.54 Å². The van der Waals surface area contributed by atoms with Crippen LogP contribution in [0.5, 0.6) is 5.75 Å². The van der Waals surface area contributed by atoms with Gasteiger partial charge in [-0.2, -0.15) is 13.2 Å². The number of rotatable bonds is 4. The van der Waals surface area contributed by atoms with Crippen LogP contribution in [0, 0.1) is 0 Å². The monoisotopic (exact) mass is 316 g/mol. The number of methoxy groups -OCH3 is 1. The molecule has 0 aromatic heterocycles. The molecule has 1 N–H and O–H groups in total. The summed E-state index contributed by atoms with van der Waals surface area (Å²) in [6.45, 7) is 1.26. The lowest BCUT2D eigenvalue weighted by Gasteiger charge is -2.35. The van der Waals surface area contributed by atoms with Gasteiger partial charge >= 0.3 is 6.18 Å². The molecule has 1 aliphatic rings. The number of hydrogen-bond acceptors (Lipinski definition) is 3. The second-order valence-corrected chi connectivity index (χ2v) is 5.40. The van der Waals surface area contributed by atoms with Crippen LogP contribution in [0.25, 0.3) is 0 Å². The molecular formula is C15H19F3N2O2. The maximum Gasteiger partial charge on any atom is 0.405 e. The number of benzene rings is 1. The number of halogens is 3. The molecule has 0 aliphatic carbocycles. The summed E-state index contributed by atoms with van der Waals surface area (Å²) in [6.07, 6.45) is -3.56. The van der Waals surface area contributed by atoms with Crippen molar-refractivity contribution >= 4 is 11.6 Å². The smallest absolute Gasteiger partial charge is 0.405 e. The number of nitrogens with zero attached hydrogens (tertiary/aromatic N) is 1. The van der Waals surface area contributed by atoms with Crippen LogP contribution in [0.15, 0.2) is 18.2 Å². The minimum absolute atomic E-state index is 0.115. The molecule has 7 heteroatoms. The molecule has 0 fully saturated rings. The third kappa shape index (κ3) is 3.84. The Hall–Kier alpha value is -1.92. The van der Waals surface area contributed by atoms with E-state index in [1.165, 1.54) is 7.11 Å². The average molecular weight is 316 g/mol. The molecule has 1 heterocycles. The van der Waals surface area contributed by atoms with Crippen LogP contribution >= 0.6 is 0 Å². The van der Waals surface area contributed by atoms with Gasteiger partial charge in [0.15, 0.2) is 0 Å². The fourth-order valence-electron chi connectivity index (χ4n) is 2.64. The summed E-state index contributed by atoms with van der Waals surface area (Å²) in [6, 6.07) is 5.63. The number of amides is 1. The Morgan fingerprint density at radius 3 is 2.82 bits per heavy atom. The fourth-order valence-corrected chi connectivity index (χ4v) is 2.64. The summed E-state index contributed by atoms with van der Waals surface area (Å²) in [5, 5.41) is 1.90. The van der Waals surface area contributed by atoms with Gasteiger partial charge in [0.25, 0.3) is 0 Å². The van der Waals surface area contributed by atoms with Crippen LogP contribution in [-0.2, 0) is 4.79 Å². The zero-order chi connectivity index (χ0) is 16.3. The number of ether oxygens (including phenoxy) is 1. The van der Waals surface area contributed by atoms with Gasteiger partial charge in [-0.25, -0.2) is 0 Å². The third-order valence-corrected chi connectivity index (χ3v) is 3.75. The summed E-state index contributed by atoms with van der Waals surface area (Å²) in [5.41, 5.74) is 1.85. The first-order valence-electron chi connectivity index (χ1n) is 7.07. The second kappa shape index (κ2) is 6.46. The maximum atomic E-state index is 12.2. The van der Waals surface area contributed by atoms with Crippen LogP contribution in [0.3, 0.4) is 0 Å². The summed E-state index contributed by atoms with van der Waals surface area (Å²) in [4.78, 5) is 13.5. The van der Waals surface area contributed by atoms with Crippen LogP contribution in [-0.4, -0.2) is 38.8 Å². The normalized spacial score (nSPS) is 17.9. The van der Waals surface area contributed by atoms with Crippen molar-refractivity contribution in [1.29, 1.82) is 0 Å². The van der Waals surface area contributed by atoms with E-state index in [4.69, 9.17) is 4.74 Å². The molecule has 0 bridgehead atoms. The Bertz CT molecular complexity index is 546. The molecule has 0 unspecified atom stereocenters. The van der Waals surface area contributed by atoms with Crippen molar-refractivity contribution in [2.24, 2.45) is 0 Å². The van der Waals surface area contributed by atoms with Gasteiger partial charge in [-0.3, -0.25) is 4.79 Å². The van der Waals surface area contributed by atoms with E-state index in [1.54, 1.807) is 11.0 Å². The highest BCUT2D eigenvalue weighted by atomic mass is 19.4. The highest BCUT2D eigenvalue weighted by molar-refractivity contribution is 5.83. The molecule has 22 heavy (non-hydrogen) atoms. The Morgan fingerprint density at radius 1 is 1.45 bits per heavy atom. The molecule has 1 aromatic rings. The molecule has 1 aliphatic heterocycles. The van der Waals surface area contributed by atoms with Crippen molar-refractivity contribution < 1.29 is 22.7 Å². The van der Waals surface area contributed by atoms with Gasteiger partial charge in [-0.15, -0.1) is 0 Å². The molecule has 0 radical (unpaired) electrons. The lowest BCUT2D eigenvalue weighted by molar-refractivity contribution is -0.137. The van der Waals surface area contributed by atoms with Crippen molar-refractivity contribution in [3.05, 3.63) is 23.8 Å². The average Bonchev–Trinajstić information content (AvgIpc) is 2.47. The topological polar surface area (TPSA) is 41.6 Å². The summed E-state index contributed by atoms with van der Waals surface area (Å²) >= 11 is 0. The largest absolute Gasteiger partial charge is 0.495 e. The highest BCUT2D eigenvalue weighted by Crippen LogP contribution is 2.41. The Labute approximate surface area is 127 Å². The fraction of sp³-hybridized carbons (Fsp3) is 0.533. The predicted octanol–water partition coefficient (Wildman–Crippen LogP) is 2.69. The first-order valence-corrected chi connectivity index (χ1v) is 7.07. The molecule has 0 saturated carbocycles. The van der Waals surface area contributed by atoms with Gasteiger partial charge in [-0.05, 0) is 24.0 Å². The summed E-state index contributed by atoms with van der Waals surface area (Å²) in [5.74, 6) is 0.302. The minimum Gasteiger partial charge on any atom is -0.495 e. The van der Waals surface area contributed by atoms with E-state index in [1.807, 2.05) is 17.4 Å². The molecule has 0 spiro atoms. The number of para-hydroxylation sites is 1. The van der Waals surface area contributed by atoms with Gasteiger partial charge in [-0.1, -0.05) is 19.1 Å². The number of nitrogens with one attached hydrogen (secondary N) is 1. The Balaban J connectivity index is 2.14. The predicted molar refractivity (Wildman–Crippen MR) is 77.3 cm³/mol. The van der Waals surface area contributed by atoms with E-state index in [0.717, 1.165) is 17.7 Å². The van der Waals surface area contributed by atoms with Crippen LogP contribution in [0.2, 0.25) is 0 Å². The number of hydrogen-bond donors (Lipinski definition) is 1. The van der Waals surface area contributed by atoms with E-state index < -0.39 is 18.6 Å². The van der Waals surface area contributed by atoms with E-state index in [0.29, 0.717) is 18.2 Å². The molecule has 2 rings (SSSR count). The Morgan fingerprint density at radius 2 is 2.18 bits per heavy atom. The van der Waals surface area contributed by atoms with E-state index in [9.17, 15) is 18.0 Å².